The van der Waals surface area contributed by atoms with Gasteiger partial charge in [-0.25, -0.2) is 4.68 Å². The third-order valence-corrected chi connectivity index (χ3v) is 2.52. The molecule has 1 unspecified atom stereocenters. The lowest BCUT2D eigenvalue weighted by molar-refractivity contribution is 0.568. The molecule has 1 aromatic rings. The van der Waals surface area contributed by atoms with Crippen molar-refractivity contribution >= 4 is 17.3 Å². The predicted molar refractivity (Wildman–Crippen MR) is 67.1 cm³/mol. The van der Waals surface area contributed by atoms with E-state index in [2.05, 4.69) is 17.0 Å². The number of rotatable bonds is 5. The first-order valence-electron chi connectivity index (χ1n) is 5.24. The van der Waals surface area contributed by atoms with Gasteiger partial charge >= 0.3 is 0 Å². The van der Waals surface area contributed by atoms with Gasteiger partial charge in [0, 0.05) is 12.6 Å². The predicted octanol–water partition coefficient (Wildman–Crippen LogP) is 2.29. The lowest BCUT2D eigenvalue weighted by Crippen LogP contribution is -2.25. The molecule has 16 heavy (non-hydrogen) atoms. The molecule has 0 spiro atoms. The Bertz CT molecular complexity index is 428. The van der Waals surface area contributed by atoms with Crippen molar-refractivity contribution < 1.29 is 0 Å². The number of nitrogens with one attached hydrogen (secondary N) is 1. The lowest BCUT2D eigenvalue weighted by atomic mass is 10.3. The molecule has 1 heterocycles. The van der Waals surface area contributed by atoms with Gasteiger partial charge in [-0.05, 0) is 13.3 Å². The minimum atomic E-state index is -0.259. The molecular weight excluding hydrogens is 226 g/mol. The molecule has 0 amide bonds. The highest BCUT2D eigenvalue weighted by atomic mass is 35.5. The first-order chi connectivity index (χ1) is 7.60. The Morgan fingerprint density at radius 2 is 2.44 bits per heavy atom. The number of halogens is 1. The van der Waals surface area contributed by atoms with Gasteiger partial charge in [-0.15, -0.1) is 6.58 Å². The fourth-order valence-electron chi connectivity index (χ4n) is 1.24. The minimum absolute atomic E-state index is 0.0423. The minimum Gasteiger partial charge on any atom is -0.376 e. The summed E-state index contributed by atoms with van der Waals surface area (Å²) >= 11 is 5.97. The van der Waals surface area contributed by atoms with Crippen molar-refractivity contribution in [3.63, 3.8) is 0 Å². The Hall–Kier alpha value is -1.29. The van der Waals surface area contributed by atoms with Crippen molar-refractivity contribution in [2.24, 2.45) is 0 Å². The Labute approximate surface area is 99.9 Å². The Kier molecular flexibility index (Phi) is 4.55. The zero-order valence-corrected chi connectivity index (χ0v) is 10.3. The van der Waals surface area contributed by atoms with Crippen LogP contribution in [0.5, 0.6) is 0 Å². The van der Waals surface area contributed by atoms with Crippen LogP contribution in [0, 0.1) is 0 Å². The molecule has 1 rings (SSSR count). The number of aryl methyl sites for hydroxylation is 1. The van der Waals surface area contributed by atoms with E-state index in [1.54, 1.807) is 12.3 Å². The summed E-state index contributed by atoms with van der Waals surface area (Å²) in [4.78, 5) is 11.8. The van der Waals surface area contributed by atoms with Crippen LogP contribution in [0.25, 0.3) is 0 Å². The summed E-state index contributed by atoms with van der Waals surface area (Å²) in [6.07, 6.45) is 4.15. The van der Waals surface area contributed by atoms with E-state index in [9.17, 15) is 4.79 Å². The summed E-state index contributed by atoms with van der Waals surface area (Å²) in [6.45, 7) is 8.12. The quantitative estimate of drug-likeness (QED) is 0.805. The summed E-state index contributed by atoms with van der Waals surface area (Å²) in [6, 6.07) is 0.0423. The van der Waals surface area contributed by atoms with Crippen LogP contribution in [0.15, 0.2) is 23.6 Å². The maximum Gasteiger partial charge on any atom is 0.287 e. The van der Waals surface area contributed by atoms with Gasteiger partial charge in [0.25, 0.3) is 5.56 Å². The average Bonchev–Trinajstić information content (AvgIpc) is 2.28. The highest BCUT2D eigenvalue weighted by molar-refractivity contribution is 6.32. The normalized spacial score (nSPS) is 12.2. The standard InChI is InChI=1S/C11H16ClN3O/c1-4-6-15-11(16)10(12)9(7-13-15)14-8(3)5-2/h5,7-8,14H,2,4,6H2,1,3H3. The number of hydrogen-bond donors (Lipinski definition) is 1. The molecule has 1 atom stereocenters. The van der Waals surface area contributed by atoms with Crippen LogP contribution < -0.4 is 10.9 Å². The number of aromatic nitrogens is 2. The molecule has 5 heteroatoms. The first-order valence-corrected chi connectivity index (χ1v) is 5.62. The van der Waals surface area contributed by atoms with Crippen molar-refractivity contribution in [3.05, 3.63) is 34.2 Å². The van der Waals surface area contributed by atoms with Crippen molar-refractivity contribution in [2.45, 2.75) is 32.9 Å². The van der Waals surface area contributed by atoms with Crippen LogP contribution in [-0.2, 0) is 6.54 Å². The molecular formula is C11H16ClN3O. The molecule has 1 aromatic heterocycles. The van der Waals surface area contributed by atoms with Gasteiger partial charge < -0.3 is 5.32 Å². The van der Waals surface area contributed by atoms with Gasteiger partial charge in [-0.3, -0.25) is 4.79 Å². The van der Waals surface area contributed by atoms with Crippen molar-refractivity contribution in [1.82, 2.24) is 9.78 Å². The second-order valence-electron chi connectivity index (χ2n) is 3.57. The van der Waals surface area contributed by atoms with Gasteiger partial charge in [-0.2, -0.15) is 5.10 Å². The topological polar surface area (TPSA) is 46.9 Å². The summed E-state index contributed by atoms with van der Waals surface area (Å²) in [7, 11) is 0. The van der Waals surface area contributed by atoms with Crippen LogP contribution in [0.2, 0.25) is 5.02 Å². The molecule has 0 fully saturated rings. The van der Waals surface area contributed by atoms with Gasteiger partial charge in [-0.1, -0.05) is 24.6 Å². The van der Waals surface area contributed by atoms with E-state index in [0.717, 1.165) is 6.42 Å². The fraction of sp³-hybridized carbons (Fsp3) is 0.455. The SMILES string of the molecule is C=CC(C)Nc1cnn(CCC)c(=O)c1Cl. The zero-order valence-electron chi connectivity index (χ0n) is 9.53. The average molecular weight is 242 g/mol. The van der Waals surface area contributed by atoms with E-state index in [-0.39, 0.29) is 16.6 Å². The number of anilines is 1. The monoisotopic (exact) mass is 241 g/mol. The maximum atomic E-state index is 11.8. The van der Waals surface area contributed by atoms with Gasteiger partial charge in [0.1, 0.15) is 5.02 Å². The number of nitrogens with zero attached hydrogens (tertiary/aromatic N) is 2. The Morgan fingerprint density at radius 3 is 3.00 bits per heavy atom. The molecule has 0 aliphatic heterocycles. The number of hydrogen-bond acceptors (Lipinski definition) is 3. The maximum absolute atomic E-state index is 11.8. The van der Waals surface area contributed by atoms with Crippen LogP contribution in [-0.4, -0.2) is 15.8 Å². The van der Waals surface area contributed by atoms with Crippen LogP contribution in [0.1, 0.15) is 20.3 Å². The largest absolute Gasteiger partial charge is 0.376 e. The summed E-state index contributed by atoms with van der Waals surface area (Å²) in [5.74, 6) is 0. The van der Waals surface area contributed by atoms with Crippen LogP contribution in [0.3, 0.4) is 0 Å². The van der Waals surface area contributed by atoms with Crippen LogP contribution >= 0.6 is 11.6 Å². The molecule has 0 saturated carbocycles. The molecule has 1 N–H and O–H groups in total. The third kappa shape index (κ3) is 2.85. The molecule has 88 valence electrons. The second-order valence-corrected chi connectivity index (χ2v) is 3.95. The first kappa shape index (κ1) is 12.8. The van der Waals surface area contributed by atoms with Crippen molar-refractivity contribution in [1.29, 1.82) is 0 Å². The molecule has 0 aliphatic rings. The second kappa shape index (κ2) is 5.70. The van der Waals surface area contributed by atoms with E-state index in [1.807, 2.05) is 13.8 Å². The van der Waals surface area contributed by atoms with E-state index in [0.29, 0.717) is 12.2 Å². The van der Waals surface area contributed by atoms with E-state index in [1.165, 1.54) is 4.68 Å². The molecule has 0 aliphatic carbocycles. The van der Waals surface area contributed by atoms with Crippen molar-refractivity contribution in [2.75, 3.05) is 5.32 Å². The lowest BCUT2D eigenvalue weighted by Gasteiger charge is -2.12. The van der Waals surface area contributed by atoms with Crippen molar-refractivity contribution in [3.8, 4) is 0 Å². The van der Waals surface area contributed by atoms with E-state index in [4.69, 9.17) is 11.6 Å². The van der Waals surface area contributed by atoms with E-state index < -0.39 is 0 Å². The fourth-order valence-corrected chi connectivity index (χ4v) is 1.44. The van der Waals surface area contributed by atoms with Gasteiger partial charge in [0.15, 0.2) is 0 Å². The Balaban J connectivity index is 3.02. The molecule has 0 saturated heterocycles. The summed E-state index contributed by atoms with van der Waals surface area (Å²) in [5.41, 5.74) is 0.288. The molecule has 0 bridgehead atoms. The van der Waals surface area contributed by atoms with Gasteiger partial charge in [0.2, 0.25) is 0 Å². The third-order valence-electron chi connectivity index (χ3n) is 2.16. The summed E-state index contributed by atoms with van der Waals surface area (Å²) in [5, 5.41) is 7.26. The summed E-state index contributed by atoms with van der Waals surface area (Å²) < 4.78 is 1.37. The highest BCUT2D eigenvalue weighted by Gasteiger charge is 2.09. The molecule has 4 nitrogen and oxygen atoms in total. The smallest absolute Gasteiger partial charge is 0.287 e. The highest BCUT2D eigenvalue weighted by Crippen LogP contribution is 2.16. The zero-order chi connectivity index (χ0) is 12.1. The van der Waals surface area contributed by atoms with E-state index >= 15 is 0 Å². The Morgan fingerprint density at radius 1 is 1.75 bits per heavy atom. The molecule has 0 aromatic carbocycles. The van der Waals surface area contributed by atoms with Crippen LogP contribution in [0.4, 0.5) is 5.69 Å². The van der Waals surface area contributed by atoms with Gasteiger partial charge in [0.05, 0.1) is 11.9 Å². The molecule has 0 radical (unpaired) electrons.